The second-order valence-corrected chi connectivity index (χ2v) is 8.70. The van der Waals surface area contributed by atoms with Crippen LogP contribution < -0.4 is 14.7 Å². The third kappa shape index (κ3) is 3.93. The Kier molecular flexibility index (Phi) is 5.76. The van der Waals surface area contributed by atoms with Crippen LogP contribution in [0.4, 0.5) is 22.7 Å². The number of nitrogens with zero attached hydrogens (tertiary/aromatic N) is 4. The van der Waals surface area contributed by atoms with E-state index in [4.69, 9.17) is 0 Å². The van der Waals surface area contributed by atoms with Crippen LogP contribution in [-0.4, -0.2) is 31.3 Å². The van der Waals surface area contributed by atoms with Crippen LogP contribution in [-0.2, 0) is 0 Å². The summed E-state index contributed by atoms with van der Waals surface area (Å²) < 4.78 is 0. The lowest BCUT2D eigenvalue weighted by Crippen LogP contribution is -2.30. The zero-order chi connectivity index (χ0) is 21.9. The fourth-order valence-electron chi connectivity index (χ4n) is 4.84. The SMILES string of the molecule is CC1=C(C)N(c2ccccc2)CN1CCCCN1CN(c2ccccc2)c2ccccc21. The average molecular weight is 425 g/mol. The van der Waals surface area contributed by atoms with Gasteiger partial charge in [-0.2, -0.15) is 0 Å². The summed E-state index contributed by atoms with van der Waals surface area (Å²) >= 11 is 0. The number of anilines is 4. The Hall–Kier alpha value is -3.40. The minimum Gasteiger partial charge on any atom is -0.356 e. The van der Waals surface area contributed by atoms with Crippen molar-refractivity contribution in [3.63, 3.8) is 0 Å². The first-order chi connectivity index (χ1) is 15.7. The molecule has 4 heteroatoms. The Balaban J connectivity index is 1.18. The Morgan fingerprint density at radius 2 is 1.03 bits per heavy atom. The highest BCUT2D eigenvalue weighted by Crippen LogP contribution is 2.40. The van der Waals surface area contributed by atoms with Crippen LogP contribution in [0.5, 0.6) is 0 Å². The van der Waals surface area contributed by atoms with E-state index in [1.807, 2.05) is 0 Å². The molecule has 164 valence electrons. The molecule has 0 saturated heterocycles. The summed E-state index contributed by atoms with van der Waals surface area (Å²) in [5.41, 5.74) is 7.96. The molecular formula is C28H32N4. The summed E-state index contributed by atoms with van der Waals surface area (Å²) in [7, 11) is 0. The molecule has 0 atom stereocenters. The average Bonchev–Trinajstić information content (AvgIpc) is 3.36. The van der Waals surface area contributed by atoms with Crippen LogP contribution in [0.1, 0.15) is 26.7 Å². The maximum Gasteiger partial charge on any atom is 0.0953 e. The van der Waals surface area contributed by atoms with E-state index in [2.05, 4.69) is 118 Å². The number of para-hydroxylation sites is 4. The molecule has 0 aromatic heterocycles. The topological polar surface area (TPSA) is 13.0 Å². The van der Waals surface area contributed by atoms with Gasteiger partial charge in [0.2, 0.25) is 0 Å². The van der Waals surface area contributed by atoms with E-state index < -0.39 is 0 Å². The van der Waals surface area contributed by atoms with Gasteiger partial charge in [0.25, 0.3) is 0 Å². The van der Waals surface area contributed by atoms with Gasteiger partial charge in [-0.25, -0.2) is 0 Å². The molecule has 0 saturated carbocycles. The maximum absolute atomic E-state index is 2.52. The smallest absolute Gasteiger partial charge is 0.0953 e. The van der Waals surface area contributed by atoms with Gasteiger partial charge < -0.3 is 19.6 Å². The van der Waals surface area contributed by atoms with Crippen LogP contribution in [0.2, 0.25) is 0 Å². The number of rotatable bonds is 7. The lowest BCUT2D eigenvalue weighted by Gasteiger charge is -2.25. The molecule has 0 aliphatic carbocycles. The summed E-state index contributed by atoms with van der Waals surface area (Å²) in [5.74, 6) is 0. The van der Waals surface area contributed by atoms with E-state index in [9.17, 15) is 0 Å². The minimum absolute atomic E-state index is 0.924. The van der Waals surface area contributed by atoms with Gasteiger partial charge in [0.1, 0.15) is 0 Å². The van der Waals surface area contributed by atoms with Crippen molar-refractivity contribution in [2.24, 2.45) is 0 Å². The summed E-state index contributed by atoms with van der Waals surface area (Å²) in [4.78, 5) is 9.89. The fourth-order valence-corrected chi connectivity index (χ4v) is 4.84. The van der Waals surface area contributed by atoms with Crippen molar-refractivity contribution in [3.05, 3.63) is 96.3 Å². The van der Waals surface area contributed by atoms with Gasteiger partial charge in [-0.05, 0) is 63.1 Å². The van der Waals surface area contributed by atoms with Crippen LogP contribution in [0.25, 0.3) is 0 Å². The standard InChI is InChI=1S/C28H32N4/c1-23-24(2)31(25-13-5-3-6-14-25)21-29(23)19-11-12-20-30-22-32(26-15-7-4-8-16-26)28-18-10-9-17-27(28)30/h3-10,13-18H,11-12,19-22H2,1-2H3. The number of unbranched alkanes of at least 4 members (excludes halogenated alkanes) is 1. The Morgan fingerprint density at radius 1 is 0.531 bits per heavy atom. The number of benzene rings is 3. The van der Waals surface area contributed by atoms with E-state index >= 15 is 0 Å². The van der Waals surface area contributed by atoms with E-state index in [0.29, 0.717) is 0 Å². The van der Waals surface area contributed by atoms with Gasteiger partial charge in [0, 0.05) is 35.9 Å². The second kappa shape index (κ2) is 8.99. The van der Waals surface area contributed by atoms with Gasteiger partial charge in [-0.15, -0.1) is 0 Å². The monoisotopic (exact) mass is 424 g/mol. The highest BCUT2D eigenvalue weighted by atomic mass is 15.4. The van der Waals surface area contributed by atoms with Crippen LogP contribution in [0, 0.1) is 0 Å². The fraction of sp³-hybridized carbons (Fsp3) is 0.286. The molecule has 3 aromatic carbocycles. The van der Waals surface area contributed by atoms with Crippen molar-refractivity contribution in [1.29, 1.82) is 0 Å². The zero-order valence-electron chi connectivity index (χ0n) is 19.1. The first-order valence-electron chi connectivity index (χ1n) is 11.6. The molecule has 0 fully saturated rings. The number of hydrogen-bond acceptors (Lipinski definition) is 4. The molecule has 5 rings (SSSR count). The molecule has 0 bridgehead atoms. The Morgan fingerprint density at radius 3 is 1.69 bits per heavy atom. The van der Waals surface area contributed by atoms with E-state index in [0.717, 1.165) is 26.4 Å². The van der Waals surface area contributed by atoms with Crippen LogP contribution >= 0.6 is 0 Å². The van der Waals surface area contributed by atoms with Crippen molar-refractivity contribution in [3.8, 4) is 0 Å². The molecule has 2 aliphatic heterocycles. The molecule has 0 spiro atoms. The molecule has 0 radical (unpaired) electrons. The lowest BCUT2D eigenvalue weighted by molar-refractivity contribution is 0.366. The molecular weight excluding hydrogens is 392 g/mol. The Bertz CT molecular complexity index is 1080. The number of fused-ring (bicyclic) bond motifs is 1. The van der Waals surface area contributed by atoms with Gasteiger partial charge in [-0.3, -0.25) is 0 Å². The number of allylic oxidation sites excluding steroid dienone is 2. The first kappa shape index (κ1) is 20.5. The van der Waals surface area contributed by atoms with E-state index in [1.165, 1.54) is 47.0 Å². The molecule has 2 heterocycles. The molecule has 0 unspecified atom stereocenters. The molecule has 4 nitrogen and oxygen atoms in total. The summed E-state index contributed by atoms with van der Waals surface area (Å²) in [6.07, 6.45) is 2.38. The highest BCUT2D eigenvalue weighted by Gasteiger charge is 2.27. The van der Waals surface area contributed by atoms with Crippen LogP contribution in [0.3, 0.4) is 0 Å². The summed E-state index contributed by atoms with van der Waals surface area (Å²) in [6, 6.07) is 30.2. The van der Waals surface area contributed by atoms with Crippen molar-refractivity contribution in [2.45, 2.75) is 26.7 Å². The quantitative estimate of drug-likeness (QED) is 0.406. The van der Waals surface area contributed by atoms with E-state index in [1.54, 1.807) is 0 Å². The van der Waals surface area contributed by atoms with Crippen molar-refractivity contribution >= 4 is 22.7 Å². The maximum atomic E-state index is 2.52. The minimum atomic E-state index is 0.924. The highest BCUT2D eigenvalue weighted by molar-refractivity contribution is 5.82. The molecule has 2 aliphatic rings. The predicted molar refractivity (Wildman–Crippen MR) is 135 cm³/mol. The summed E-state index contributed by atoms with van der Waals surface area (Å²) in [5, 5.41) is 0. The van der Waals surface area contributed by atoms with Gasteiger partial charge in [-0.1, -0.05) is 48.5 Å². The first-order valence-corrected chi connectivity index (χ1v) is 11.6. The summed E-state index contributed by atoms with van der Waals surface area (Å²) in [6.45, 7) is 8.56. The largest absolute Gasteiger partial charge is 0.356 e. The van der Waals surface area contributed by atoms with Crippen LogP contribution in [0.15, 0.2) is 96.3 Å². The Labute approximate surface area is 192 Å². The normalized spacial score (nSPS) is 15.7. The predicted octanol–water partition coefficient (Wildman–Crippen LogP) is 6.41. The van der Waals surface area contributed by atoms with Crippen molar-refractivity contribution in [2.75, 3.05) is 41.1 Å². The van der Waals surface area contributed by atoms with Crippen molar-refractivity contribution < 1.29 is 0 Å². The molecule has 0 amide bonds. The second-order valence-electron chi connectivity index (χ2n) is 8.70. The van der Waals surface area contributed by atoms with Gasteiger partial charge in [0.15, 0.2) is 0 Å². The molecule has 0 N–H and O–H groups in total. The lowest BCUT2D eigenvalue weighted by atomic mass is 10.2. The zero-order valence-corrected chi connectivity index (χ0v) is 19.1. The molecule has 32 heavy (non-hydrogen) atoms. The third-order valence-electron chi connectivity index (χ3n) is 6.78. The number of hydrogen-bond donors (Lipinski definition) is 0. The molecule has 3 aromatic rings. The van der Waals surface area contributed by atoms with Gasteiger partial charge in [0.05, 0.1) is 24.7 Å². The van der Waals surface area contributed by atoms with E-state index in [-0.39, 0.29) is 0 Å². The van der Waals surface area contributed by atoms with Gasteiger partial charge >= 0.3 is 0 Å². The van der Waals surface area contributed by atoms with Crippen molar-refractivity contribution in [1.82, 2.24) is 4.90 Å². The third-order valence-corrected chi connectivity index (χ3v) is 6.78.